The molecule has 0 spiro atoms. The number of halogens is 3. The van der Waals surface area contributed by atoms with Gasteiger partial charge in [-0.05, 0) is 5.56 Å². The van der Waals surface area contributed by atoms with Crippen LogP contribution in [0.3, 0.4) is 0 Å². The molecule has 7 heteroatoms. The number of imidazole rings is 1. The molecule has 0 aliphatic rings. The number of benzene rings is 1. The van der Waals surface area contributed by atoms with Crippen LogP contribution in [-0.2, 0) is 6.18 Å². The Labute approximate surface area is 100 Å². The molecule has 0 amide bonds. The summed E-state index contributed by atoms with van der Waals surface area (Å²) in [5, 5.41) is 9.92. The van der Waals surface area contributed by atoms with E-state index in [-0.39, 0.29) is 5.95 Å². The van der Waals surface area contributed by atoms with E-state index in [0.717, 1.165) is 0 Å². The van der Waals surface area contributed by atoms with E-state index in [1.165, 1.54) is 12.1 Å². The number of hydrogen-bond donors (Lipinski definition) is 3. The highest BCUT2D eigenvalue weighted by molar-refractivity contribution is 5.35. The fourth-order valence-electron chi connectivity index (χ4n) is 1.62. The van der Waals surface area contributed by atoms with Crippen molar-refractivity contribution in [2.24, 2.45) is 0 Å². The summed E-state index contributed by atoms with van der Waals surface area (Å²) < 4.78 is 38.1. The molecule has 96 valence electrons. The van der Waals surface area contributed by atoms with Gasteiger partial charge in [-0.15, -0.1) is 0 Å². The smallest absolute Gasteiger partial charge is 0.382 e. The van der Waals surface area contributed by atoms with Crippen LogP contribution in [0.25, 0.3) is 0 Å². The Kier molecular flexibility index (Phi) is 3.00. The van der Waals surface area contributed by atoms with Crippen LogP contribution in [0.4, 0.5) is 19.1 Å². The molecule has 0 fully saturated rings. The van der Waals surface area contributed by atoms with Crippen LogP contribution in [-0.4, -0.2) is 15.1 Å². The molecule has 1 aromatic carbocycles. The van der Waals surface area contributed by atoms with Gasteiger partial charge < -0.3 is 15.8 Å². The topological polar surface area (TPSA) is 74.9 Å². The van der Waals surface area contributed by atoms with Crippen molar-refractivity contribution in [2.75, 3.05) is 5.73 Å². The van der Waals surface area contributed by atoms with E-state index in [2.05, 4.69) is 9.97 Å². The first-order valence-corrected chi connectivity index (χ1v) is 5.05. The first-order valence-electron chi connectivity index (χ1n) is 5.05. The van der Waals surface area contributed by atoms with E-state index >= 15 is 0 Å². The fraction of sp³-hybridized carbons (Fsp3) is 0.182. The van der Waals surface area contributed by atoms with Crippen molar-refractivity contribution in [3.63, 3.8) is 0 Å². The minimum absolute atomic E-state index is 0.326. The third-order valence-corrected chi connectivity index (χ3v) is 2.41. The van der Waals surface area contributed by atoms with E-state index < -0.39 is 23.7 Å². The molecule has 0 aliphatic carbocycles. The Morgan fingerprint density at radius 1 is 1.22 bits per heavy atom. The van der Waals surface area contributed by atoms with Crippen molar-refractivity contribution in [3.05, 3.63) is 47.3 Å². The molecule has 4 N–H and O–H groups in total. The summed E-state index contributed by atoms with van der Waals surface area (Å²) in [5.74, 6) is -0.382. The molecule has 0 unspecified atom stereocenters. The Morgan fingerprint density at radius 3 is 2.39 bits per heavy atom. The molecule has 4 nitrogen and oxygen atoms in total. The van der Waals surface area contributed by atoms with Gasteiger partial charge >= 0.3 is 6.18 Å². The fourth-order valence-corrected chi connectivity index (χ4v) is 1.62. The van der Waals surface area contributed by atoms with E-state index in [0.29, 0.717) is 5.56 Å². The van der Waals surface area contributed by atoms with Gasteiger partial charge in [0.1, 0.15) is 6.10 Å². The van der Waals surface area contributed by atoms with E-state index in [1.54, 1.807) is 18.2 Å². The zero-order valence-corrected chi connectivity index (χ0v) is 9.07. The summed E-state index contributed by atoms with van der Waals surface area (Å²) in [7, 11) is 0. The maximum absolute atomic E-state index is 12.7. The van der Waals surface area contributed by atoms with Crippen molar-refractivity contribution in [1.82, 2.24) is 9.97 Å². The third kappa shape index (κ3) is 2.30. The lowest BCUT2D eigenvalue weighted by Crippen LogP contribution is -2.12. The largest absolute Gasteiger partial charge is 0.435 e. The number of aromatic nitrogens is 2. The molecular weight excluding hydrogens is 247 g/mol. The van der Waals surface area contributed by atoms with Crippen LogP contribution in [0.5, 0.6) is 0 Å². The van der Waals surface area contributed by atoms with Crippen LogP contribution in [0, 0.1) is 0 Å². The van der Waals surface area contributed by atoms with Crippen LogP contribution in [0.2, 0.25) is 0 Å². The number of nitrogens with one attached hydrogen (secondary N) is 1. The van der Waals surface area contributed by atoms with Crippen molar-refractivity contribution in [1.29, 1.82) is 0 Å². The molecule has 0 saturated carbocycles. The average Bonchev–Trinajstić information content (AvgIpc) is 2.71. The summed E-state index contributed by atoms with van der Waals surface area (Å²) in [5.41, 5.74) is 3.89. The molecule has 1 aromatic heterocycles. The number of hydrogen-bond acceptors (Lipinski definition) is 3. The molecular formula is C11H10F3N3O. The molecule has 1 heterocycles. The Bertz CT molecular complexity index is 536. The van der Waals surface area contributed by atoms with Crippen LogP contribution in [0.1, 0.15) is 23.1 Å². The second-order valence-corrected chi connectivity index (χ2v) is 3.70. The number of anilines is 1. The molecule has 1 atom stereocenters. The van der Waals surface area contributed by atoms with Gasteiger partial charge in [0.2, 0.25) is 0 Å². The molecule has 2 rings (SSSR count). The van der Waals surface area contributed by atoms with Crippen molar-refractivity contribution >= 4 is 5.95 Å². The second kappa shape index (κ2) is 4.34. The molecule has 0 radical (unpaired) electrons. The first kappa shape index (κ1) is 12.4. The average molecular weight is 257 g/mol. The normalized spacial score (nSPS) is 13.6. The number of nitrogens with zero attached hydrogens (tertiary/aromatic N) is 1. The zero-order chi connectivity index (χ0) is 13.3. The van der Waals surface area contributed by atoms with Gasteiger partial charge in [-0.25, -0.2) is 4.98 Å². The van der Waals surface area contributed by atoms with E-state index in [9.17, 15) is 18.3 Å². The number of aromatic amines is 1. The van der Waals surface area contributed by atoms with Crippen LogP contribution >= 0.6 is 0 Å². The van der Waals surface area contributed by atoms with Gasteiger partial charge in [-0.2, -0.15) is 13.2 Å². The van der Waals surface area contributed by atoms with Gasteiger partial charge in [-0.3, -0.25) is 0 Å². The highest BCUT2D eigenvalue weighted by Crippen LogP contribution is 2.35. The number of nitrogen functional groups attached to an aromatic ring is 1. The van der Waals surface area contributed by atoms with E-state index in [4.69, 9.17) is 5.73 Å². The van der Waals surface area contributed by atoms with E-state index in [1.807, 2.05) is 0 Å². The highest BCUT2D eigenvalue weighted by atomic mass is 19.4. The van der Waals surface area contributed by atoms with Crippen molar-refractivity contribution in [3.8, 4) is 0 Å². The number of aliphatic hydroxyl groups excluding tert-OH is 1. The summed E-state index contributed by atoms with van der Waals surface area (Å²) in [6.07, 6.45) is -6.12. The highest BCUT2D eigenvalue weighted by Gasteiger charge is 2.39. The first-order chi connectivity index (χ1) is 8.39. The lowest BCUT2D eigenvalue weighted by molar-refractivity contribution is -0.142. The minimum Gasteiger partial charge on any atom is -0.382 e. The predicted octanol–water partition coefficient (Wildman–Crippen LogP) is 2.09. The minimum atomic E-state index is -4.67. The molecule has 0 saturated heterocycles. The summed E-state index contributed by atoms with van der Waals surface area (Å²) in [6.45, 7) is 0. The number of H-pyrrole nitrogens is 1. The maximum Gasteiger partial charge on any atom is 0.435 e. The number of alkyl halides is 3. The lowest BCUT2D eigenvalue weighted by Gasteiger charge is -2.12. The molecule has 0 bridgehead atoms. The van der Waals surface area contributed by atoms with Gasteiger partial charge in [0.05, 0.1) is 5.69 Å². The van der Waals surface area contributed by atoms with Crippen LogP contribution in [0.15, 0.2) is 30.3 Å². The van der Waals surface area contributed by atoms with Gasteiger partial charge in [0.25, 0.3) is 0 Å². The summed E-state index contributed by atoms with van der Waals surface area (Å²) in [6, 6.07) is 7.96. The molecule has 0 aliphatic heterocycles. The Hall–Kier alpha value is -2.02. The molecule has 18 heavy (non-hydrogen) atoms. The second-order valence-electron chi connectivity index (χ2n) is 3.70. The quantitative estimate of drug-likeness (QED) is 0.771. The number of rotatable bonds is 2. The maximum atomic E-state index is 12.7. The zero-order valence-electron chi connectivity index (χ0n) is 9.07. The lowest BCUT2D eigenvalue weighted by atomic mass is 10.1. The van der Waals surface area contributed by atoms with Crippen molar-refractivity contribution in [2.45, 2.75) is 12.3 Å². The van der Waals surface area contributed by atoms with Crippen molar-refractivity contribution < 1.29 is 18.3 Å². The SMILES string of the molecule is Nc1nc(C(F)(F)F)c([C@@H](O)c2ccccc2)[nH]1. The van der Waals surface area contributed by atoms with Crippen LogP contribution < -0.4 is 5.73 Å². The number of aliphatic hydroxyl groups is 1. The predicted molar refractivity (Wildman–Crippen MR) is 58.5 cm³/mol. The van der Waals surface area contributed by atoms with Gasteiger partial charge in [-0.1, -0.05) is 30.3 Å². The standard InChI is InChI=1S/C11H10F3N3O/c12-11(13,14)9-7(16-10(15)17-9)8(18)6-4-2-1-3-5-6/h1-5,8,18H,(H3,15,16,17)/t8-/m0/s1. The third-order valence-electron chi connectivity index (χ3n) is 2.41. The Balaban J connectivity index is 2.46. The van der Waals surface area contributed by atoms with Gasteiger partial charge in [0.15, 0.2) is 11.6 Å². The monoisotopic (exact) mass is 257 g/mol. The van der Waals surface area contributed by atoms with Gasteiger partial charge in [0, 0.05) is 0 Å². The summed E-state index contributed by atoms with van der Waals surface area (Å²) in [4.78, 5) is 5.41. The number of nitrogens with two attached hydrogens (primary N) is 1. The Morgan fingerprint density at radius 2 is 1.83 bits per heavy atom. The summed E-state index contributed by atoms with van der Waals surface area (Å²) >= 11 is 0. The molecule has 2 aromatic rings.